The van der Waals surface area contributed by atoms with E-state index < -0.39 is 0 Å². The van der Waals surface area contributed by atoms with Crippen molar-refractivity contribution < 1.29 is 0 Å². The third kappa shape index (κ3) is 2.46. The van der Waals surface area contributed by atoms with Crippen molar-refractivity contribution in [1.29, 1.82) is 0 Å². The molecule has 0 saturated heterocycles. The van der Waals surface area contributed by atoms with Crippen LogP contribution in [0.2, 0.25) is 5.15 Å². The maximum atomic E-state index is 12.0. The zero-order chi connectivity index (χ0) is 14.1. The normalized spacial score (nSPS) is 10.9. The van der Waals surface area contributed by atoms with Gasteiger partial charge in [0, 0.05) is 17.1 Å². The summed E-state index contributed by atoms with van der Waals surface area (Å²) in [6, 6.07) is 9.66. The van der Waals surface area contributed by atoms with Gasteiger partial charge in [0.2, 0.25) is 0 Å². The Morgan fingerprint density at radius 3 is 2.95 bits per heavy atom. The first kappa shape index (κ1) is 13.3. The molecule has 1 aromatic carbocycles. The lowest BCUT2D eigenvalue weighted by Gasteiger charge is -2.08. The highest BCUT2D eigenvalue weighted by Crippen LogP contribution is 2.20. The highest BCUT2D eigenvalue weighted by molar-refractivity contribution is 9.10. The number of para-hydroxylation sites is 1. The van der Waals surface area contributed by atoms with Gasteiger partial charge < -0.3 is 0 Å². The molecule has 0 fully saturated rings. The van der Waals surface area contributed by atoms with Crippen molar-refractivity contribution in [1.82, 2.24) is 14.5 Å². The van der Waals surface area contributed by atoms with Gasteiger partial charge in [-0.2, -0.15) is 0 Å². The van der Waals surface area contributed by atoms with Gasteiger partial charge in [-0.15, -0.1) is 0 Å². The summed E-state index contributed by atoms with van der Waals surface area (Å²) >= 11 is 9.36. The summed E-state index contributed by atoms with van der Waals surface area (Å²) in [7, 11) is 0. The summed E-state index contributed by atoms with van der Waals surface area (Å²) in [4.78, 5) is 20.3. The van der Waals surface area contributed by atoms with E-state index in [4.69, 9.17) is 11.6 Å². The smallest absolute Gasteiger partial charge is 0.267 e. The number of fused-ring (bicyclic) bond motifs is 1. The number of hydrogen-bond donors (Lipinski definition) is 0. The molecule has 2 aromatic heterocycles. The molecule has 0 unspecified atom stereocenters. The molecule has 20 heavy (non-hydrogen) atoms. The lowest BCUT2D eigenvalue weighted by atomic mass is 10.1. The van der Waals surface area contributed by atoms with E-state index in [0.717, 1.165) is 16.5 Å². The Bertz CT molecular complexity index is 847. The van der Waals surface area contributed by atoms with Crippen molar-refractivity contribution in [2.75, 3.05) is 0 Å². The van der Waals surface area contributed by atoms with Gasteiger partial charge in [-0.1, -0.05) is 29.8 Å². The van der Waals surface area contributed by atoms with Crippen LogP contribution >= 0.6 is 27.5 Å². The van der Waals surface area contributed by atoms with Crippen molar-refractivity contribution in [3.63, 3.8) is 0 Å². The van der Waals surface area contributed by atoms with Crippen molar-refractivity contribution in [3.8, 4) is 0 Å². The van der Waals surface area contributed by atoms with Gasteiger partial charge in [0.25, 0.3) is 5.56 Å². The Morgan fingerprint density at radius 1 is 1.30 bits per heavy atom. The summed E-state index contributed by atoms with van der Waals surface area (Å²) in [5.41, 5.74) is 1.47. The lowest BCUT2D eigenvalue weighted by molar-refractivity contribution is 0.729. The molecule has 0 saturated carbocycles. The highest BCUT2D eigenvalue weighted by atomic mass is 79.9. The fourth-order valence-electron chi connectivity index (χ4n) is 1.97. The zero-order valence-corrected chi connectivity index (χ0v) is 12.6. The van der Waals surface area contributed by atoms with E-state index in [9.17, 15) is 4.79 Å². The van der Waals surface area contributed by atoms with Crippen LogP contribution < -0.4 is 5.56 Å². The van der Waals surface area contributed by atoms with Crippen molar-refractivity contribution in [2.24, 2.45) is 0 Å². The number of benzene rings is 1. The first-order valence-corrected chi connectivity index (χ1v) is 7.06. The van der Waals surface area contributed by atoms with Gasteiger partial charge >= 0.3 is 0 Å². The molecule has 3 aromatic rings. The molecule has 100 valence electrons. The Labute approximate surface area is 128 Å². The summed E-state index contributed by atoms with van der Waals surface area (Å²) in [6.07, 6.45) is 2.96. The molecular weight excluding hydrogens is 342 g/mol. The van der Waals surface area contributed by atoms with Gasteiger partial charge in [-0.3, -0.25) is 9.36 Å². The van der Waals surface area contributed by atoms with Crippen LogP contribution in [0.3, 0.4) is 0 Å². The van der Waals surface area contributed by atoms with Crippen LogP contribution in [0.5, 0.6) is 0 Å². The summed E-state index contributed by atoms with van der Waals surface area (Å²) < 4.78 is 1.91. The molecule has 0 aliphatic heterocycles. The van der Waals surface area contributed by atoms with Crippen molar-refractivity contribution >= 4 is 38.4 Å². The van der Waals surface area contributed by atoms with E-state index >= 15 is 0 Å². The third-order valence-corrected chi connectivity index (χ3v) is 3.82. The second-order valence-corrected chi connectivity index (χ2v) is 5.52. The molecule has 4 nitrogen and oxygen atoms in total. The second kappa shape index (κ2) is 5.34. The second-order valence-electron chi connectivity index (χ2n) is 4.31. The summed E-state index contributed by atoms with van der Waals surface area (Å²) in [6.45, 7) is 0.335. The predicted octanol–water partition coefficient (Wildman–Crippen LogP) is 3.26. The van der Waals surface area contributed by atoms with E-state index in [1.54, 1.807) is 0 Å². The molecule has 0 spiro atoms. The minimum absolute atomic E-state index is 0.149. The number of pyridine rings is 1. The minimum Gasteiger partial charge on any atom is -0.294 e. The molecule has 3 rings (SSSR count). The Balaban J connectivity index is 2.08. The SMILES string of the molecule is O=c1c(Br)cncn1Cc1cc2ccccc2nc1Cl. The molecular formula is C14H9BrClN3O. The van der Waals surface area contributed by atoms with Crippen molar-refractivity contribution in [2.45, 2.75) is 6.54 Å². The molecule has 0 radical (unpaired) electrons. The lowest BCUT2D eigenvalue weighted by Crippen LogP contribution is -2.21. The number of hydrogen-bond acceptors (Lipinski definition) is 3. The zero-order valence-electron chi connectivity index (χ0n) is 10.3. The van der Waals surface area contributed by atoms with Crippen LogP contribution in [0.25, 0.3) is 10.9 Å². The summed E-state index contributed by atoms with van der Waals surface area (Å²) in [5, 5.41) is 1.39. The van der Waals surface area contributed by atoms with Crippen LogP contribution in [-0.2, 0) is 6.54 Å². The van der Waals surface area contributed by atoms with Gasteiger partial charge in [-0.05, 0) is 28.1 Å². The topological polar surface area (TPSA) is 47.8 Å². The third-order valence-electron chi connectivity index (χ3n) is 2.95. The quantitative estimate of drug-likeness (QED) is 0.667. The monoisotopic (exact) mass is 349 g/mol. The number of halogens is 2. The molecule has 0 aliphatic carbocycles. The van der Waals surface area contributed by atoms with E-state index in [-0.39, 0.29) is 5.56 Å². The minimum atomic E-state index is -0.149. The molecule has 0 N–H and O–H groups in total. The first-order valence-electron chi connectivity index (χ1n) is 5.89. The van der Waals surface area contributed by atoms with E-state index in [1.807, 2.05) is 30.3 Å². The average molecular weight is 351 g/mol. The van der Waals surface area contributed by atoms with Crippen LogP contribution in [0.4, 0.5) is 0 Å². The van der Waals surface area contributed by atoms with Crippen LogP contribution in [0, 0.1) is 0 Å². The Morgan fingerprint density at radius 2 is 2.10 bits per heavy atom. The van der Waals surface area contributed by atoms with E-state index in [2.05, 4.69) is 25.9 Å². The molecule has 0 atom stereocenters. The van der Waals surface area contributed by atoms with Gasteiger partial charge in [0.15, 0.2) is 0 Å². The molecule has 6 heteroatoms. The number of aromatic nitrogens is 3. The number of nitrogens with zero attached hydrogens (tertiary/aromatic N) is 3. The Hall–Kier alpha value is -1.72. The van der Waals surface area contributed by atoms with Crippen LogP contribution in [-0.4, -0.2) is 14.5 Å². The maximum Gasteiger partial charge on any atom is 0.267 e. The largest absolute Gasteiger partial charge is 0.294 e. The van der Waals surface area contributed by atoms with Gasteiger partial charge in [-0.25, -0.2) is 9.97 Å². The number of rotatable bonds is 2. The Kier molecular flexibility index (Phi) is 3.54. The van der Waals surface area contributed by atoms with E-state index in [0.29, 0.717) is 16.2 Å². The highest BCUT2D eigenvalue weighted by Gasteiger charge is 2.08. The van der Waals surface area contributed by atoms with E-state index in [1.165, 1.54) is 17.1 Å². The van der Waals surface area contributed by atoms with Crippen LogP contribution in [0.15, 0.2) is 52.1 Å². The maximum absolute atomic E-state index is 12.0. The summed E-state index contributed by atoms with van der Waals surface area (Å²) in [5.74, 6) is 0. The molecule has 0 aliphatic rings. The molecule has 2 heterocycles. The van der Waals surface area contributed by atoms with Crippen molar-refractivity contribution in [3.05, 3.63) is 68.4 Å². The average Bonchev–Trinajstić information content (AvgIpc) is 2.44. The van der Waals surface area contributed by atoms with Crippen LogP contribution in [0.1, 0.15) is 5.56 Å². The van der Waals surface area contributed by atoms with Gasteiger partial charge in [0.1, 0.15) is 9.63 Å². The molecule has 0 bridgehead atoms. The fourth-order valence-corrected chi connectivity index (χ4v) is 2.52. The predicted molar refractivity (Wildman–Crippen MR) is 82.1 cm³/mol. The first-order chi connectivity index (χ1) is 9.65. The molecule has 0 amide bonds. The fraction of sp³-hybridized carbons (Fsp3) is 0.0714. The standard InChI is InChI=1S/C14H9BrClN3O/c15-11-6-17-8-19(14(11)20)7-10-5-9-3-1-2-4-12(9)18-13(10)16/h1-6,8H,7H2. The van der Waals surface area contributed by atoms with Gasteiger partial charge in [0.05, 0.1) is 18.4 Å².